The van der Waals surface area contributed by atoms with Crippen LogP contribution in [0.15, 0.2) is 30.3 Å². The standard InChI is InChI=1S/C16H26O3/c1-13(11-18-15-9-7-6-8-10-15)17-12-14(2)19-16(3,4)5/h6-10,13-14H,11-12H2,1-5H3. The molecule has 1 aromatic rings. The lowest BCUT2D eigenvalue weighted by Gasteiger charge is -2.26. The van der Waals surface area contributed by atoms with Crippen LogP contribution in [0.3, 0.4) is 0 Å². The summed E-state index contributed by atoms with van der Waals surface area (Å²) < 4.78 is 17.1. The normalized spacial score (nSPS) is 15.0. The number of para-hydroxylation sites is 1. The largest absolute Gasteiger partial charge is 0.491 e. The number of hydrogen-bond acceptors (Lipinski definition) is 3. The lowest BCUT2D eigenvalue weighted by Crippen LogP contribution is -2.30. The van der Waals surface area contributed by atoms with E-state index in [4.69, 9.17) is 14.2 Å². The Balaban J connectivity index is 2.19. The molecule has 0 radical (unpaired) electrons. The molecule has 2 unspecified atom stereocenters. The van der Waals surface area contributed by atoms with E-state index >= 15 is 0 Å². The third-order valence-electron chi connectivity index (χ3n) is 2.40. The molecule has 0 amide bonds. The van der Waals surface area contributed by atoms with E-state index in [0.717, 1.165) is 5.75 Å². The topological polar surface area (TPSA) is 27.7 Å². The van der Waals surface area contributed by atoms with Gasteiger partial charge in [-0.25, -0.2) is 0 Å². The minimum atomic E-state index is -0.132. The van der Waals surface area contributed by atoms with Crippen molar-refractivity contribution in [3.05, 3.63) is 30.3 Å². The zero-order valence-electron chi connectivity index (χ0n) is 12.7. The van der Waals surface area contributed by atoms with Gasteiger partial charge in [-0.2, -0.15) is 0 Å². The lowest BCUT2D eigenvalue weighted by atomic mass is 10.2. The molecule has 0 spiro atoms. The smallest absolute Gasteiger partial charge is 0.119 e. The maximum absolute atomic E-state index is 5.79. The molecule has 19 heavy (non-hydrogen) atoms. The molecule has 0 aromatic heterocycles. The Morgan fingerprint density at radius 1 is 0.947 bits per heavy atom. The molecular formula is C16H26O3. The summed E-state index contributed by atoms with van der Waals surface area (Å²) in [6.45, 7) is 11.3. The van der Waals surface area contributed by atoms with Gasteiger partial charge in [0.1, 0.15) is 12.4 Å². The second kappa shape index (κ2) is 7.51. The van der Waals surface area contributed by atoms with Gasteiger partial charge < -0.3 is 14.2 Å². The molecule has 0 heterocycles. The first-order valence-electron chi connectivity index (χ1n) is 6.84. The summed E-state index contributed by atoms with van der Waals surface area (Å²) in [5.41, 5.74) is -0.132. The lowest BCUT2D eigenvalue weighted by molar-refractivity contribution is -0.0985. The number of rotatable bonds is 7. The van der Waals surface area contributed by atoms with Crippen LogP contribution in [0.1, 0.15) is 34.6 Å². The van der Waals surface area contributed by atoms with E-state index in [1.54, 1.807) is 0 Å². The van der Waals surface area contributed by atoms with Crippen molar-refractivity contribution in [3.8, 4) is 5.75 Å². The summed E-state index contributed by atoms with van der Waals surface area (Å²) in [5, 5.41) is 0. The van der Waals surface area contributed by atoms with Gasteiger partial charge in [-0.1, -0.05) is 18.2 Å². The van der Waals surface area contributed by atoms with Gasteiger partial charge in [-0.05, 0) is 46.8 Å². The Morgan fingerprint density at radius 3 is 2.16 bits per heavy atom. The second-order valence-corrected chi connectivity index (χ2v) is 5.81. The van der Waals surface area contributed by atoms with Gasteiger partial charge in [0.15, 0.2) is 0 Å². The molecular weight excluding hydrogens is 240 g/mol. The first-order chi connectivity index (χ1) is 8.87. The summed E-state index contributed by atoms with van der Waals surface area (Å²) in [6, 6.07) is 9.77. The van der Waals surface area contributed by atoms with Gasteiger partial charge in [0.25, 0.3) is 0 Å². The van der Waals surface area contributed by atoms with Gasteiger partial charge in [-0.15, -0.1) is 0 Å². The number of hydrogen-bond donors (Lipinski definition) is 0. The Kier molecular flexibility index (Phi) is 6.32. The van der Waals surface area contributed by atoms with Gasteiger partial charge in [-0.3, -0.25) is 0 Å². The van der Waals surface area contributed by atoms with Crippen LogP contribution >= 0.6 is 0 Å². The predicted octanol–water partition coefficient (Wildman–Crippen LogP) is 3.67. The quantitative estimate of drug-likeness (QED) is 0.753. The minimum Gasteiger partial charge on any atom is -0.491 e. The van der Waals surface area contributed by atoms with Crippen molar-refractivity contribution in [1.29, 1.82) is 0 Å². The molecule has 0 aliphatic rings. The number of ether oxygens (including phenoxy) is 3. The maximum atomic E-state index is 5.79. The van der Waals surface area contributed by atoms with E-state index in [1.807, 2.05) is 65.0 Å². The molecule has 0 N–H and O–H groups in total. The van der Waals surface area contributed by atoms with Crippen molar-refractivity contribution in [2.75, 3.05) is 13.2 Å². The fourth-order valence-corrected chi connectivity index (χ4v) is 1.72. The molecule has 0 saturated carbocycles. The first kappa shape index (κ1) is 16.0. The van der Waals surface area contributed by atoms with Crippen molar-refractivity contribution in [3.63, 3.8) is 0 Å². The van der Waals surface area contributed by atoms with E-state index in [1.165, 1.54) is 0 Å². The highest BCUT2D eigenvalue weighted by Gasteiger charge is 2.16. The fourth-order valence-electron chi connectivity index (χ4n) is 1.72. The Hall–Kier alpha value is -1.06. The molecule has 0 saturated heterocycles. The molecule has 0 aliphatic carbocycles. The molecule has 0 fully saturated rings. The Morgan fingerprint density at radius 2 is 1.58 bits per heavy atom. The third kappa shape index (κ3) is 7.85. The summed E-state index contributed by atoms with van der Waals surface area (Å²) in [4.78, 5) is 0. The van der Waals surface area contributed by atoms with E-state index in [-0.39, 0.29) is 17.8 Å². The van der Waals surface area contributed by atoms with Crippen LogP contribution in [0.4, 0.5) is 0 Å². The highest BCUT2D eigenvalue weighted by Crippen LogP contribution is 2.12. The Labute approximate surface area is 116 Å². The SMILES string of the molecule is CC(COc1ccccc1)OCC(C)OC(C)(C)C. The van der Waals surface area contributed by atoms with Crippen molar-refractivity contribution in [2.45, 2.75) is 52.4 Å². The van der Waals surface area contributed by atoms with Crippen LogP contribution in [0.5, 0.6) is 5.75 Å². The number of benzene rings is 1. The van der Waals surface area contributed by atoms with Gasteiger partial charge in [0.05, 0.1) is 24.4 Å². The Bertz CT molecular complexity index is 343. The van der Waals surface area contributed by atoms with Crippen molar-refractivity contribution >= 4 is 0 Å². The summed E-state index contributed by atoms with van der Waals surface area (Å²) in [6.07, 6.45) is 0.130. The zero-order valence-corrected chi connectivity index (χ0v) is 12.7. The van der Waals surface area contributed by atoms with Gasteiger partial charge >= 0.3 is 0 Å². The molecule has 0 aliphatic heterocycles. The molecule has 1 rings (SSSR count). The molecule has 0 bridgehead atoms. The monoisotopic (exact) mass is 266 g/mol. The van der Waals surface area contributed by atoms with E-state index in [2.05, 4.69) is 0 Å². The second-order valence-electron chi connectivity index (χ2n) is 5.81. The molecule has 3 heteroatoms. The van der Waals surface area contributed by atoms with Crippen molar-refractivity contribution in [1.82, 2.24) is 0 Å². The van der Waals surface area contributed by atoms with E-state index < -0.39 is 0 Å². The van der Waals surface area contributed by atoms with Crippen LogP contribution in [0.25, 0.3) is 0 Å². The molecule has 3 nitrogen and oxygen atoms in total. The molecule has 108 valence electrons. The predicted molar refractivity (Wildman–Crippen MR) is 77.7 cm³/mol. The highest BCUT2D eigenvalue weighted by atomic mass is 16.6. The van der Waals surface area contributed by atoms with E-state index in [0.29, 0.717) is 13.2 Å². The van der Waals surface area contributed by atoms with Crippen molar-refractivity contribution < 1.29 is 14.2 Å². The summed E-state index contributed by atoms with van der Waals surface area (Å²) in [7, 11) is 0. The fraction of sp³-hybridized carbons (Fsp3) is 0.625. The average molecular weight is 266 g/mol. The van der Waals surface area contributed by atoms with Crippen LogP contribution < -0.4 is 4.74 Å². The van der Waals surface area contributed by atoms with Crippen molar-refractivity contribution in [2.24, 2.45) is 0 Å². The van der Waals surface area contributed by atoms with Crippen LogP contribution in [-0.2, 0) is 9.47 Å². The highest BCUT2D eigenvalue weighted by molar-refractivity contribution is 5.20. The van der Waals surface area contributed by atoms with Crippen LogP contribution in [0, 0.1) is 0 Å². The van der Waals surface area contributed by atoms with Crippen LogP contribution in [-0.4, -0.2) is 31.0 Å². The molecule has 2 atom stereocenters. The third-order valence-corrected chi connectivity index (χ3v) is 2.40. The zero-order chi connectivity index (χ0) is 14.3. The molecule has 1 aromatic carbocycles. The summed E-state index contributed by atoms with van der Waals surface area (Å²) in [5.74, 6) is 0.872. The van der Waals surface area contributed by atoms with Gasteiger partial charge in [0, 0.05) is 0 Å². The average Bonchev–Trinajstić information content (AvgIpc) is 2.33. The van der Waals surface area contributed by atoms with Crippen LogP contribution in [0.2, 0.25) is 0 Å². The minimum absolute atomic E-state index is 0.0474. The van der Waals surface area contributed by atoms with E-state index in [9.17, 15) is 0 Å². The maximum Gasteiger partial charge on any atom is 0.119 e. The van der Waals surface area contributed by atoms with Gasteiger partial charge in [0.2, 0.25) is 0 Å². The summed E-state index contributed by atoms with van der Waals surface area (Å²) >= 11 is 0. The first-order valence-corrected chi connectivity index (χ1v) is 6.84.